The van der Waals surface area contributed by atoms with Gasteiger partial charge in [0, 0.05) is 17.1 Å². The van der Waals surface area contributed by atoms with Crippen LogP contribution >= 0.6 is 0 Å². The van der Waals surface area contributed by atoms with Crippen molar-refractivity contribution in [3.8, 4) is 28.3 Å². The molecule has 0 N–H and O–H groups in total. The number of nitriles is 1. The quantitative estimate of drug-likeness (QED) is 0.131. The van der Waals surface area contributed by atoms with Crippen LogP contribution in [0.15, 0.2) is 97.1 Å². The lowest BCUT2D eigenvalue weighted by molar-refractivity contribution is 0.591. The minimum Gasteiger partial charge on any atom is -0.313 e. The van der Waals surface area contributed by atoms with E-state index in [-0.39, 0.29) is 18.8 Å². The lowest BCUT2D eigenvalue weighted by Crippen LogP contribution is -2.66. The molecule has 0 bridgehead atoms. The van der Waals surface area contributed by atoms with Gasteiger partial charge in [-0.15, -0.1) is 0 Å². The maximum atomic E-state index is 9.95. The maximum absolute atomic E-state index is 9.95. The molecule has 0 saturated heterocycles. The molecular weight excluding hydrogens is 760 g/mol. The molecular formula is C58H55B2N3. The molecule has 0 fully saturated rings. The molecule has 0 amide bonds. The van der Waals surface area contributed by atoms with Gasteiger partial charge in [0.2, 0.25) is 13.4 Å². The monoisotopic (exact) mass is 815 g/mol. The van der Waals surface area contributed by atoms with Gasteiger partial charge in [-0.05, 0) is 188 Å². The Hall–Kier alpha value is -6.55. The first-order valence-corrected chi connectivity index (χ1v) is 22.3. The second-order valence-corrected chi connectivity index (χ2v) is 19.4. The Morgan fingerprint density at radius 3 is 1.33 bits per heavy atom. The highest BCUT2D eigenvalue weighted by Gasteiger charge is 2.46. The summed E-state index contributed by atoms with van der Waals surface area (Å²) < 4.78 is 0. The standard InChI is InChI=1S/C58H55B2N3/c1-32-34(3)38(7)55(39(8)35(32)4)59-49-27-45(43-18-15-17-42(25-43)31-61)21-23-53(49)63-54-24-22-46(44-19-16-20-48(26-44)62-14)28-50(54)60(56-40(9)36(5)33(2)37(6)41(56)10)52-30-47(58(11,12)13)29-51(59)57(52)63/h15-30H,1-13H3. The maximum Gasteiger partial charge on any atom is 0.247 e. The van der Waals surface area contributed by atoms with Crippen molar-refractivity contribution < 1.29 is 0 Å². The third-order valence-electron chi connectivity index (χ3n) is 15.4. The summed E-state index contributed by atoms with van der Waals surface area (Å²) in [5, 5.41) is 9.95. The van der Waals surface area contributed by atoms with Crippen molar-refractivity contribution in [1.29, 1.82) is 5.26 Å². The third kappa shape index (κ3) is 6.39. The van der Waals surface area contributed by atoms with Crippen LogP contribution in [-0.2, 0) is 5.41 Å². The summed E-state index contributed by atoms with van der Waals surface area (Å²) in [6.45, 7) is 37.9. The number of nitrogens with zero attached hydrogens (tertiary/aromatic N) is 3. The van der Waals surface area contributed by atoms with Crippen LogP contribution in [-0.4, -0.2) is 13.4 Å². The van der Waals surface area contributed by atoms with E-state index in [9.17, 15) is 5.26 Å². The number of anilines is 3. The average Bonchev–Trinajstić information content (AvgIpc) is 3.29. The minimum atomic E-state index is -0.139. The van der Waals surface area contributed by atoms with E-state index >= 15 is 0 Å². The van der Waals surface area contributed by atoms with Crippen molar-refractivity contribution in [3.05, 3.63) is 175 Å². The first kappa shape index (κ1) is 41.8. The Kier molecular flexibility index (Phi) is 9.99. The van der Waals surface area contributed by atoms with Crippen molar-refractivity contribution in [3.63, 3.8) is 0 Å². The Morgan fingerprint density at radius 1 is 0.492 bits per heavy atom. The van der Waals surface area contributed by atoms with Crippen molar-refractivity contribution >= 4 is 69.0 Å². The highest BCUT2D eigenvalue weighted by Crippen LogP contribution is 2.42. The molecule has 3 nitrogen and oxygen atoms in total. The first-order chi connectivity index (χ1) is 30.0. The average molecular weight is 816 g/mol. The number of fused-ring (bicyclic) bond motifs is 4. The van der Waals surface area contributed by atoms with Crippen LogP contribution < -0.4 is 37.7 Å². The van der Waals surface area contributed by atoms with Gasteiger partial charge >= 0.3 is 0 Å². The summed E-state index contributed by atoms with van der Waals surface area (Å²) in [6, 6.07) is 37.6. The van der Waals surface area contributed by atoms with Gasteiger partial charge in [-0.2, -0.15) is 5.26 Å². The summed E-state index contributed by atoms with van der Waals surface area (Å²) in [5.74, 6) is 0. The van der Waals surface area contributed by atoms with Crippen LogP contribution in [0.2, 0.25) is 0 Å². The molecule has 0 unspecified atom stereocenters. The van der Waals surface area contributed by atoms with Gasteiger partial charge in [0.05, 0.1) is 18.2 Å². The molecule has 0 aromatic heterocycles. The van der Waals surface area contributed by atoms with E-state index in [0.29, 0.717) is 11.3 Å². The fraction of sp³-hybridized carbons (Fsp3) is 0.241. The molecule has 0 aliphatic carbocycles. The van der Waals surface area contributed by atoms with Gasteiger partial charge in [0.1, 0.15) is 0 Å². The molecule has 2 aliphatic heterocycles. The molecule has 7 aromatic rings. The first-order valence-electron chi connectivity index (χ1n) is 22.3. The van der Waals surface area contributed by atoms with Gasteiger partial charge in [-0.3, -0.25) is 0 Å². The number of rotatable bonds is 4. The normalized spacial score (nSPS) is 12.7. The van der Waals surface area contributed by atoms with Crippen LogP contribution in [0.3, 0.4) is 0 Å². The summed E-state index contributed by atoms with van der Waals surface area (Å²) in [5.41, 5.74) is 31.9. The zero-order chi connectivity index (χ0) is 45.0. The van der Waals surface area contributed by atoms with Gasteiger partial charge in [-0.25, -0.2) is 4.85 Å². The molecule has 2 heterocycles. The van der Waals surface area contributed by atoms with Crippen molar-refractivity contribution in [2.45, 2.75) is 95.4 Å². The van der Waals surface area contributed by atoms with Crippen LogP contribution in [0, 0.1) is 87.1 Å². The van der Waals surface area contributed by atoms with E-state index in [1.54, 1.807) is 0 Å². The molecule has 7 aromatic carbocycles. The molecule has 2 aliphatic rings. The Balaban J connectivity index is 1.47. The van der Waals surface area contributed by atoms with Crippen molar-refractivity contribution in [1.82, 2.24) is 0 Å². The molecule has 63 heavy (non-hydrogen) atoms. The highest BCUT2D eigenvalue weighted by atomic mass is 15.2. The summed E-state index contributed by atoms with van der Waals surface area (Å²) in [4.78, 5) is 6.40. The van der Waals surface area contributed by atoms with Crippen LogP contribution in [0.4, 0.5) is 22.7 Å². The van der Waals surface area contributed by atoms with Crippen LogP contribution in [0.5, 0.6) is 0 Å². The zero-order valence-corrected chi connectivity index (χ0v) is 39.2. The van der Waals surface area contributed by atoms with Gasteiger partial charge < -0.3 is 4.90 Å². The molecule has 9 rings (SSSR count). The largest absolute Gasteiger partial charge is 0.313 e. The number of benzene rings is 7. The number of hydrogen-bond acceptors (Lipinski definition) is 2. The number of hydrogen-bond donors (Lipinski definition) is 0. The molecule has 0 radical (unpaired) electrons. The van der Waals surface area contributed by atoms with Gasteiger partial charge in [-0.1, -0.05) is 121 Å². The second kappa shape index (κ2) is 15.1. The minimum absolute atomic E-state index is 0.0480. The molecule has 5 heteroatoms. The van der Waals surface area contributed by atoms with Crippen molar-refractivity contribution in [2.75, 3.05) is 4.90 Å². The van der Waals surface area contributed by atoms with E-state index in [0.717, 1.165) is 22.3 Å². The Morgan fingerprint density at radius 2 is 0.905 bits per heavy atom. The van der Waals surface area contributed by atoms with Crippen LogP contribution in [0.25, 0.3) is 27.1 Å². The SMILES string of the molecule is [C-]#[N+]c1cccc(-c2ccc3c(c2)B(c2c(C)c(C)c(C)c(C)c2C)c2cc(C(C)(C)C)cc4c2N3c2ccc(-c3cccc(C#N)c3)cc2B4c2c(C)c(C)c(C)c(C)c2C)c1. The van der Waals surface area contributed by atoms with E-state index < -0.39 is 0 Å². The molecule has 0 spiro atoms. The predicted molar refractivity (Wildman–Crippen MR) is 271 cm³/mol. The van der Waals surface area contributed by atoms with E-state index in [2.05, 4.69) is 166 Å². The predicted octanol–water partition coefficient (Wildman–Crippen LogP) is 11.0. The zero-order valence-electron chi connectivity index (χ0n) is 39.2. The fourth-order valence-corrected chi connectivity index (χ4v) is 10.9. The topological polar surface area (TPSA) is 31.4 Å². The van der Waals surface area contributed by atoms with E-state index in [1.807, 2.05) is 36.4 Å². The molecule has 0 saturated carbocycles. The highest BCUT2D eigenvalue weighted by molar-refractivity contribution is 7.02. The fourth-order valence-electron chi connectivity index (χ4n) is 10.9. The summed E-state index contributed by atoms with van der Waals surface area (Å²) in [6.07, 6.45) is 0. The van der Waals surface area contributed by atoms with Crippen LogP contribution in [0.1, 0.15) is 87.5 Å². The second-order valence-electron chi connectivity index (χ2n) is 19.4. The Bertz CT molecular complexity index is 2940. The summed E-state index contributed by atoms with van der Waals surface area (Å²) >= 11 is 0. The molecule has 308 valence electrons. The van der Waals surface area contributed by atoms with Crippen molar-refractivity contribution in [2.24, 2.45) is 0 Å². The van der Waals surface area contributed by atoms with Gasteiger partial charge in [0.15, 0.2) is 5.69 Å². The molecule has 0 atom stereocenters. The third-order valence-corrected chi connectivity index (χ3v) is 15.4. The van der Waals surface area contributed by atoms with Gasteiger partial charge in [0.25, 0.3) is 0 Å². The van der Waals surface area contributed by atoms with E-state index in [4.69, 9.17) is 6.57 Å². The Labute approximate surface area is 376 Å². The lowest BCUT2D eigenvalue weighted by atomic mass is 9.29. The smallest absolute Gasteiger partial charge is 0.247 e. The van der Waals surface area contributed by atoms with E-state index in [1.165, 1.54) is 111 Å². The summed E-state index contributed by atoms with van der Waals surface area (Å²) in [7, 11) is 0. The lowest BCUT2D eigenvalue weighted by Gasteiger charge is -2.46.